The van der Waals surface area contributed by atoms with Gasteiger partial charge in [-0.2, -0.15) is 0 Å². The Balaban J connectivity index is 2.77. The van der Waals surface area contributed by atoms with Crippen LogP contribution in [0.15, 0.2) is 0 Å². The van der Waals surface area contributed by atoms with Crippen LogP contribution in [0, 0.1) is 5.92 Å². The number of rotatable bonds is 5. The standard InChI is InChI=1S/C11H21NO7/c1-5(14)12-3-6-7(15)2-9(17)19-11(6)10(18)8(16)4-13/h6-11,13,15-18H,2-4H2,1H3,(H,12,14)/t6-,7?,8-,9+,10-,11?/m1/s1. The predicted octanol–water partition coefficient (Wildman–Crippen LogP) is -3.08. The molecule has 1 fully saturated rings. The molecule has 6 atom stereocenters. The van der Waals surface area contributed by atoms with Crippen molar-refractivity contribution in [2.45, 2.75) is 44.1 Å². The summed E-state index contributed by atoms with van der Waals surface area (Å²) in [5, 5.41) is 49.9. The van der Waals surface area contributed by atoms with Crippen molar-refractivity contribution in [1.29, 1.82) is 0 Å². The lowest BCUT2D eigenvalue weighted by atomic mass is 9.86. The molecule has 8 heteroatoms. The fraction of sp³-hybridized carbons (Fsp3) is 0.909. The molecule has 19 heavy (non-hydrogen) atoms. The highest BCUT2D eigenvalue weighted by atomic mass is 16.6. The molecule has 2 unspecified atom stereocenters. The first kappa shape index (κ1) is 16.3. The van der Waals surface area contributed by atoms with Gasteiger partial charge in [0, 0.05) is 25.8 Å². The summed E-state index contributed by atoms with van der Waals surface area (Å²) in [6.45, 7) is 0.655. The molecule has 0 saturated carbocycles. The van der Waals surface area contributed by atoms with E-state index in [2.05, 4.69) is 5.32 Å². The van der Waals surface area contributed by atoms with Gasteiger partial charge in [0.2, 0.25) is 5.91 Å². The number of aliphatic hydroxyl groups excluding tert-OH is 5. The van der Waals surface area contributed by atoms with Gasteiger partial charge in [-0.05, 0) is 0 Å². The highest BCUT2D eigenvalue weighted by molar-refractivity contribution is 5.72. The predicted molar refractivity (Wildman–Crippen MR) is 62.8 cm³/mol. The van der Waals surface area contributed by atoms with Gasteiger partial charge in [-0.25, -0.2) is 0 Å². The van der Waals surface area contributed by atoms with Crippen LogP contribution in [0.5, 0.6) is 0 Å². The van der Waals surface area contributed by atoms with E-state index in [0.29, 0.717) is 0 Å². The Bertz CT molecular complexity index is 301. The van der Waals surface area contributed by atoms with Crippen LogP contribution in [-0.4, -0.2) is 75.3 Å². The highest BCUT2D eigenvalue weighted by Gasteiger charge is 2.43. The minimum absolute atomic E-state index is 0.0308. The van der Waals surface area contributed by atoms with Crippen molar-refractivity contribution < 1.29 is 35.1 Å². The summed E-state index contributed by atoms with van der Waals surface area (Å²) in [4.78, 5) is 10.9. The van der Waals surface area contributed by atoms with Crippen LogP contribution in [-0.2, 0) is 9.53 Å². The van der Waals surface area contributed by atoms with Crippen molar-refractivity contribution in [3.8, 4) is 0 Å². The molecule has 0 aromatic carbocycles. The first-order valence-electron chi connectivity index (χ1n) is 6.09. The second-order valence-electron chi connectivity index (χ2n) is 4.70. The Hall–Kier alpha value is -0.770. The van der Waals surface area contributed by atoms with Gasteiger partial charge in [0.15, 0.2) is 6.29 Å². The summed E-state index contributed by atoms with van der Waals surface area (Å²) in [5.41, 5.74) is 0. The van der Waals surface area contributed by atoms with Crippen LogP contribution >= 0.6 is 0 Å². The van der Waals surface area contributed by atoms with Gasteiger partial charge in [-0.15, -0.1) is 0 Å². The summed E-state index contributed by atoms with van der Waals surface area (Å²) in [5.74, 6) is -1.00. The van der Waals surface area contributed by atoms with Crippen LogP contribution in [0.25, 0.3) is 0 Å². The zero-order chi connectivity index (χ0) is 14.6. The molecule has 0 radical (unpaired) electrons. The molecular weight excluding hydrogens is 258 g/mol. The van der Waals surface area contributed by atoms with Crippen LogP contribution in [0.1, 0.15) is 13.3 Å². The maximum atomic E-state index is 10.9. The smallest absolute Gasteiger partial charge is 0.216 e. The van der Waals surface area contributed by atoms with E-state index in [-0.39, 0.29) is 18.9 Å². The number of amides is 1. The zero-order valence-electron chi connectivity index (χ0n) is 10.6. The van der Waals surface area contributed by atoms with E-state index in [0.717, 1.165) is 0 Å². The summed E-state index contributed by atoms with van der Waals surface area (Å²) < 4.78 is 5.11. The largest absolute Gasteiger partial charge is 0.394 e. The van der Waals surface area contributed by atoms with E-state index in [4.69, 9.17) is 9.84 Å². The van der Waals surface area contributed by atoms with Crippen LogP contribution in [0.3, 0.4) is 0 Å². The van der Waals surface area contributed by atoms with E-state index in [1.54, 1.807) is 0 Å². The molecular formula is C11H21NO7. The van der Waals surface area contributed by atoms with E-state index >= 15 is 0 Å². The first-order valence-corrected chi connectivity index (χ1v) is 6.09. The second-order valence-corrected chi connectivity index (χ2v) is 4.70. The molecule has 1 heterocycles. The van der Waals surface area contributed by atoms with Crippen molar-refractivity contribution in [2.75, 3.05) is 13.2 Å². The van der Waals surface area contributed by atoms with E-state index < -0.39 is 43.2 Å². The molecule has 0 aliphatic carbocycles. The number of carbonyl (C=O) groups is 1. The van der Waals surface area contributed by atoms with E-state index in [1.165, 1.54) is 6.92 Å². The summed E-state index contributed by atoms with van der Waals surface area (Å²) in [6.07, 6.45) is -6.35. The Morgan fingerprint density at radius 2 is 2.05 bits per heavy atom. The lowest BCUT2D eigenvalue weighted by Gasteiger charge is -2.41. The van der Waals surface area contributed by atoms with Gasteiger partial charge in [0.25, 0.3) is 0 Å². The first-order chi connectivity index (χ1) is 8.86. The molecule has 112 valence electrons. The maximum Gasteiger partial charge on any atom is 0.216 e. The average molecular weight is 279 g/mol. The van der Waals surface area contributed by atoms with Crippen molar-refractivity contribution >= 4 is 5.91 Å². The summed E-state index contributed by atoms with van der Waals surface area (Å²) in [6, 6.07) is 0. The molecule has 0 bridgehead atoms. The van der Waals surface area contributed by atoms with Crippen LogP contribution in [0.4, 0.5) is 0 Å². The molecule has 0 aromatic rings. The molecule has 8 nitrogen and oxygen atoms in total. The fourth-order valence-electron chi connectivity index (χ4n) is 2.11. The topological polar surface area (TPSA) is 139 Å². The second kappa shape index (κ2) is 7.13. The highest BCUT2D eigenvalue weighted by Crippen LogP contribution is 2.27. The number of aliphatic hydroxyl groups is 5. The summed E-state index contributed by atoms with van der Waals surface area (Å²) in [7, 11) is 0. The molecule has 1 aliphatic heterocycles. The van der Waals surface area contributed by atoms with Crippen molar-refractivity contribution in [3.63, 3.8) is 0 Å². The summed E-state index contributed by atoms with van der Waals surface area (Å²) >= 11 is 0. The minimum atomic E-state index is -1.48. The molecule has 6 N–H and O–H groups in total. The quantitative estimate of drug-likeness (QED) is 0.313. The Morgan fingerprint density at radius 3 is 2.58 bits per heavy atom. The van der Waals surface area contributed by atoms with E-state index in [1.807, 2.05) is 0 Å². The Kier molecular flexibility index (Phi) is 6.11. The van der Waals surface area contributed by atoms with Gasteiger partial charge in [0.1, 0.15) is 12.2 Å². The molecule has 1 aliphatic rings. The molecule has 1 rings (SSSR count). The lowest BCUT2D eigenvalue weighted by Crippen LogP contribution is -2.56. The SMILES string of the molecule is CC(=O)NC[C@@H]1C(O)C[C@@H](O)OC1[C@H](O)[C@H](O)CO. The third-order valence-corrected chi connectivity index (χ3v) is 3.18. The molecule has 0 spiro atoms. The van der Waals surface area contributed by atoms with Crippen LogP contribution < -0.4 is 5.32 Å². The number of ether oxygens (including phenoxy) is 1. The average Bonchev–Trinajstić information content (AvgIpc) is 2.34. The molecule has 0 aromatic heterocycles. The number of hydrogen-bond donors (Lipinski definition) is 6. The van der Waals surface area contributed by atoms with Gasteiger partial charge in [-0.3, -0.25) is 4.79 Å². The van der Waals surface area contributed by atoms with E-state index in [9.17, 15) is 25.2 Å². The maximum absolute atomic E-state index is 10.9. The van der Waals surface area contributed by atoms with Gasteiger partial charge in [-0.1, -0.05) is 0 Å². The number of carbonyl (C=O) groups excluding carboxylic acids is 1. The monoisotopic (exact) mass is 279 g/mol. The van der Waals surface area contributed by atoms with Gasteiger partial charge < -0.3 is 35.6 Å². The number of hydrogen-bond acceptors (Lipinski definition) is 7. The van der Waals surface area contributed by atoms with Gasteiger partial charge in [0.05, 0.1) is 18.8 Å². The third-order valence-electron chi connectivity index (χ3n) is 3.18. The normalized spacial score (nSPS) is 34.6. The number of nitrogens with one attached hydrogen (secondary N) is 1. The Labute approximate surface area is 110 Å². The minimum Gasteiger partial charge on any atom is -0.394 e. The Morgan fingerprint density at radius 1 is 1.42 bits per heavy atom. The van der Waals surface area contributed by atoms with Crippen molar-refractivity contribution in [1.82, 2.24) is 5.32 Å². The van der Waals surface area contributed by atoms with Crippen molar-refractivity contribution in [3.05, 3.63) is 0 Å². The van der Waals surface area contributed by atoms with Gasteiger partial charge >= 0.3 is 0 Å². The molecule has 1 amide bonds. The molecule has 1 saturated heterocycles. The van der Waals surface area contributed by atoms with Crippen LogP contribution in [0.2, 0.25) is 0 Å². The zero-order valence-corrected chi connectivity index (χ0v) is 10.6. The van der Waals surface area contributed by atoms with Crippen molar-refractivity contribution in [2.24, 2.45) is 5.92 Å². The lowest BCUT2D eigenvalue weighted by molar-refractivity contribution is -0.247. The fourth-order valence-corrected chi connectivity index (χ4v) is 2.11. The third kappa shape index (κ3) is 4.37.